The molecule has 1 atom stereocenters. The molecule has 0 nitrogen and oxygen atoms in total. The largest absolute Gasteiger partial charge is 0.0763 e. The SMILES string of the molecule is C1=C(c2ccccc2)CCC=C1c1cc(-c2cccc(-c3ccccc3)c2)c2ccc3c4c(ccc1c24)C(c1cccc(-c2ccccc2)c1)CC=3. The molecule has 0 aliphatic heterocycles. The van der Waals surface area contributed by atoms with E-state index in [0.717, 1.165) is 19.3 Å². The summed E-state index contributed by atoms with van der Waals surface area (Å²) in [4.78, 5) is 0. The molecule has 0 saturated heterocycles. The van der Waals surface area contributed by atoms with Crippen LogP contribution in [0.5, 0.6) is 0 Å². The lowest BCUT2D eigenvalue weighted by Crippen LogP contribution is -2.15. The molecule has 0 amide bonds. The molecule has 0 bridgehead atoms. The van der Waals surface area contributed by atoms with Gasteiger partial charge < -0.3 is 0 Å². The Hall–Kier alpha value is -6.24. The molecule has 0 fully saturated rings. The molecule has 8 aromatic rings. The van der Waals surface area contributed by atoms with Gasteiger partial charge in [0.15, 0.2) is 0 Å². The van der Waals surface area contributed by atoms with Crippen LogP contribution in [0.25, 0.3) is 72.1 Å². The second-order valence-electron chi connectivity index (χ2n) is 14.3. The lowest BCUT2D eigenvalue weighted by atomic mass is 9.77. The van der Waals surface area contributed by atoms with Gasteiger partial charge in [0.2, 0.25) is 0 Å². The van der Waals surface area contributed by atoms with Crippen LogP contribution in [0.1, 0.15) is 47.4 Å². The molecule has 246 valence electrons. The van der Waals surface area contributed by atoms with Crippen LogP contribution in [0, 0.1) is 0 Å². The number of hydrogen-bond acceptors (Lipinski definition) is 0. The van der Waals surface area contributed by atoms with Crippen LogP contribution in [0.15, 0.2) is 182 Å². The minimum Gasteiger partial charge on any atom is -0.0763 e. The maximum Gasteiger partial charge on any atom is 0.0131 e. The zero-order valence-electron chi connectivity index (χ0n) is 29.1. The zero-order chi connectivity index (χ0) is 34.4. The van der Waals surface area contributed by atoms with E-state index in [9.17, 15) is 0 Å². The Bertz CT molecular complexity index is 2730. The molecule has 8 aromatic carbocycles. The van der Waals surface area contributed by atoms with E-state index >= 15 is 0 Å². The van der Waals surface area contributed by atoms with Crippen LogP contribution in [-0.2, 0) is 0 Å². The third kappa shape index (κ3) is 5.31. The first-order chi connectivity index (χ1) is 25.8. The highest BCUT2D eigenvalue weighted by atomic mass is 14.3. The van der Waals surface area contributed by atoms with Gasteiger partial charge in [-0.05, 0) is 125 Å². The van der Waals surface area contributed by atoms with Gasteiger partial charge in [-0.15, -0.1) is 0 Å². The van der Waals surface area contributed by atoms with Crippen molar-refractivity contribution < 1.29 is 0 Å². The van der Waals surface area contributed by atoms with E-state index in [2.05, 4.69) is 188 Å². The Labute approximate surface area is 305 Å². The molecule has 0 N–H and O–H groups in total. The Balaban J connectivity index is 1.21. The number of benzene rings is 8. The van der Waals surface area contributed by atoms with Crippen molar-refractivity contribution in [2.75, 3.05) is 0 Å². The molecular formula is C52H38. The summed E-state index contributed by atoms with van der Waals surface area (Å²) in [6, 6.07) is 62.9. The minimum absolute atomic E-state index is 0.290. The molecule has 0 heterocycles. The summed E-state index contributed by atoms with van der Waals surface area (Å²) < 4.78 is 0. The van der Waals surface area contributed by atoms with Crippen molar-refractivity contribution in [1.82, 2.24) is 0 Å². The van der Waals surface area contributed by atoms with E-state index in [1.54, 1.807) is 0 Å². The van der Waals surface area contributed by atoms with E-state index in [0.29, 0.717) is 0 Å². The van der Waals surface area contributed by atoms with Crippen molar-refractivity contribution in [3.63, 3.8) is 0 Å². The predicted octanol–water partition coefficient (Wildman–Crippen LogP) is 13.3. The van der Waals surface area contributed by atoms with Gasteiger partial charge in [0.05, 0.1) is 0 Å². The molecule has 0 heteroatoms. The summed E-state index contributed by atoms with van der Waals surface area (Å²) in [5.74, 6) is 0.290. The second-order valence-corrected chi connectivity index (χ2v) is 14.3. The Morgan fingerprint density at radius 2 is 1.04 bits per heavy atom. The monoisotopic (exact) mass is 662 g/mol. The minimum atomic E-state index is 0.290. The Morgan fingerprint density at radius 1 is 0.423 bits per heavy atom. The zero-order valence-corrected chi connectivity index (χ0v) is 29.1. The van der Waals surface area contributed by atoms with Gasteiger partial charge in [-0.1, -0.05) is 176 Å². The van der Waals surface area contributed by atoms with E-state index in [-0.39, 0.29) is 5.92 Å². The first-order valence-electron chi connectivity index (χ1n) is 18.6. The van der Waals surface area contributed by atoms with Crippen LogP contribution in [0.3, 0.4) is 0 Å². The summed E-state index contributed by atoms with van der Waals surface area (Å²) in [5.41, 5.74) is 15.7. The second kappa shape index (κ2) is 12.8. The third-order valence-electron chi connectivity index (χ3n) is 11.3. The Morgan fingerprint density at radius 3 is 1.79 bits per heavy atom. The number of allylic oxidation sites excluding steroid dienone is 4. The highest BCUT2D eigenvalue weighted by molar-refractivity contribution is 6.20. The average Bonchev–Trinajstić information content (AvgIpc) is 3.23. The molecule has 52 heavy (non-hydrogen) atoms. The molecule has 0 spiro atoms. The molecule has 0 radical (unpaired) electrons. The third-order valence-corrected chi connectivity index (χ3v) is 11.3. The lowest BCUT2D eigenvalue weighted by Gasteiger charge is -2.26. The van der Waals surface area contributed by atoms with Gasteiger partial charge in [-0.2, -0.15) is 0 Å². The van der Waals surface area contributed by atoms with Crippen LogP contribution in [-0.4, -0.2) is 0 Å². The topological polar surface area (TPSA) is 0 Å². The first-order valence-corrected chi connectivity index (χ1v) is 18.6. The molecule has 2 aliphatic rings. The quantitative estimate of drug-likeness (QED) is 0.166. The van der Waals surface area contributed by atoms with Crippen LogP contribution in [0.2, 0.25) is 0 Å². The molecule has 10 rings (SSSR count). The maximum atomic E-state index is 2.48. The van der Waals surface area contributed by atoms with Crippen LogP contribution < -0.4 is 5.22 Å². The first kappa shape index (κ1) is 30.6. The predicted molar refractivity (Wildman–Crippen MR) is 222 cm³/mol. The van der Waals surface area contributed by atoms with Crippen molar-refractivity contribution in [1.29, 1.82) is 0 Å². The van der Waals surface area contributed by atoms with E-state index < -0.39 is 0 Å². The standard InChI is InChI=1S/C52H38/c1-4-13-35(14-5-1)39-19-10-22-42(31-39)45-27-25-38-26-28-47-49(43-23-11-20-40(32-43)36-15-6-2-7-16-36)34-50(48-30-29-46(45)51(38)52(47)48)44-24-12-21-41(33-44)37-17-8-3-9-18-37/h1-11,13-20,22-26,28-34,45H,12,21,27H2. The molecule has 2 aliphatic carbocycles. The smallest absolute Gasteiger partial charge is 0.0131 e. The van der Waals surface area contributed by atoms with Gasteiger partial charge in [0.1, 0.15) is 0 Å². The summed E-state index contributed by atoms with van der Waals surface area (Å²) in [5, 5.41) is 6.79. The van der Waals surface area contributed by atoms with Gasteiger partial charge in [0, 0.05) is 5.92 Å². The summed E-state index contributed by atoms with van der Waals surface area (Å²) in [6.07, 6.45) is 10.5. The molecule has 0 saturated carbocycles. The highest BCUT2D eigenvalue weighted by Crippen LogP contribution is 2.45. The maximum absolute atomic E-state index is 2.48. The summed E-state index contributed by atoms with van der Waals surface area (Å²) in [6.45, 7) is 0. The van der Waals surface area contributed by atoms with Crippen LogP contribution >= 0.6 is 0 Å². The molecule has 1 unspecified atom stereocenters. The fraction of sp³-hybridized carbons (Fsp3) is 0.0769. The van der Waals surface area contributed by atoms with Gasteiger partial charge in [-0.3, -0.25) is 0 Å². The summed E-state index contributed by atoms with van der Waals surface area (Å²) in [7, 11) is 0. The van der Waals surface area contributed by atoms with Gasteiger partial charge in [0.25, 0.3) is 0 Å². The molecular weight excluding hydrogens is 625 g/mol. The van der Waals surface area contributed by atoms with Gasteiger partial charge >= 0.3 is 0 Å². The van der Waals surface area contributed by atoms with Crippen molar-refractivity contribution in [2.24, 2.45) is 0 Å². The number of hydrogen-bond donors (Lipinski definition) is 0. The average molecular weight is 663 g/mol. The highest BCUT2D eigenvalue weighted by Gasteiger charge is 2.25. The Kier molecular flexibility index (Phi) is 7.54. The van der Waals surface area contributed by atoms with E-state index in [4.69, 9.17) is 0 Å². The fourth-order valence-electron chi connectivity index (χ4n) is 8.76. The van der Waals surface area contributed by atoms with Crippen molar-refractivity contribution in [2.45, 2.75) is 25.2 Å². The fourth-order valence-corrected chi connectivity index (χ4v) is 8.76. The van der Waals surface area contributed by atoms with Gasteiger partial charge in [-0.25, -0.2) is 0 Å². The molecule has 0 aromatic heterocycles. The van der Waals surface area contributed by atoms with Crippen molar-refractivity contribution in [3.05, 3.63) is 209 Å². The number of rotatable bonds is 6. The van der Waals surface area contributed by atoms with Crippen LogP contribution in [0.4, 0.5) is 0 Å². The normalized spacial score (nSPS) is 15.3. The van der Waals surface area contributed by atoms with Crippen molar-refractivity contribution in [3.8, 4) is 33.4 Å². The van der Waals surface area contributed by atoms with Crippen molar-refractivity contribution >= 4 is 38.8 Å². The lowest BCUT2D eigenvalue weighted by molar-refractivity contribution is 0.854. The van der Waals surface area contributed by atoms with E-state index in [1.807, 2.05) is 0 Å². The summed E-state index contributed by atoms with van der Waals surface area (Å²) >= 11 is 0. The van der Waals surface area contributed by atoms with E-state index in [1.165, 1.54) is 93.5 Å².